The number of fused-ring (bicyclic) bond motifs is 1. The van der Waals surface area contributed by atoms with E-state index in [0.717, 1.165) is 44.4 Å². The number of aromatic carboxylic acids is 1. The maximum absolute atomic E-state index is 11.1. The van der Waals surface area contributed by atoms with Gasteiger partial charge in [-0.05, 0) is 54.2 Å². The van der Waals surface area contributed by atoms with Crippen LogP contribution in [0.15, 0.2) is 72.1 Å². The summed E-state index contributed by atoms with van der Waals surface area (Å²) in [6.07, 6.45) is 6.68. The van der Waals surface area contributed by atoms with Gasteiger partial charge in [0.15, 0.2) is 5.13 Å². The molecule has 6 nitrogen and oxygen atoms in total. The maximum atomic E-state index is 11.1. The van der Waals surface area contributed by atoms with Crippen molar-refractivity contribution in [1.82, 2.24) is 15.0 Å². The number of carboxylic acid groups (broad SMARTS) is 1. The minimum atomic E-state index is -0.914. The normalized spacial score (nSPS) is 14.1. The number of imidazole rings is 1. The average molecular weight is 523 g/mol. The van der Waals surface area contributed by atoms with E-state index >= 15 is 0 Å². The van der Waals surface area contributed by atoms with Gasteiger partial charge in [-0.3, -0.25) is 0 Å². The van der Waals surface area contributed by atoms with E-state index in [1.807, 2.05) is 25.2 Å². The fourth-order valence-electron chi connectivity index (χ4n) is 5.32. The molecule has 0 aliphatic heterocycles. The number of hydrogen-bond acceptors (Lipinski definition) is 5. The second kappa shape index (κ2) is 10.4. The first-order valence-electron chi connectivity index (χ1n) is 13.1. The van der Waals surface area contributed by atoms with Crippen molar-refractivity contribution >= 4 is 33.5 Å². The van der Waals surface area contributed by atoms with Crippen molar-refractivity contribution in [2.24, 2.45) is 0 Å². The van der Waals surface area contributed by atoms with Crippen LogP contribution in [-0.4, -0.2) is 33.1 Å². The summed E-state index contributed by atoms with van der Waals surface area (Å²) >= 11 is 1.60. The lowest BCUT2D eigenvalue weighted by atomic mass is 9.84. The summed E-state index contributed by atoms with van der Waals surface area (Å²) in [5.41, 5.74) is 7.79. The van der Waals surface area contributed by atoms with Gasteiger partial charge in [0.2, 0.25) is 0 Å². The first-order chi connectivity index (χ1) is 18.5. The summed E-state index contributed by atoms with van der Waals surface area (Å²) < 4.78 is 0. The number of thiazole rings is 1. The molecule has 2 aromatic heterocycles. The third-order valence-electron chi connectivity index (χ3n) is 7.48. The predicted octanol–water partition coefficient (Wildman–Crippen LogP) is 7.74. The molecule has 2 N–H and O–H groups in total. The molecule has 1 aliphatic carbocycles. The van der Waals surface area contributed by atoms with Gasteiger partial charge in [-0.15, -0.1) is 11.3 Å². The van der Waals surface area contributed by atoms with Crippen molar-refractivity contribution < 1.29 is 9.90 Å². The highest BCUT2D eigenvalue weighted by atomic mass is 32.1. The zero-order chi connectivity index (χ0) is 26.1. The quantitative estimate of drug-likeness (QED) is 0.228. The lowest BCUT2D eigenvalue weighted by Crippen LogP contribution is -2.16. The van der Waals surface area contributed by atoms with Crippen molar-refractivity contribution in [3.63, 3.8) is 0 Å². The number of aromatic amines is 1. The van der Waals surface area contributed by atoms with E-state index in [0.29, 0.717) is 18.0 Å². The third-order valence-corrected chi connectivity index (χ3v) is 8.43. The van der Waals surface area contributed by atoms with Crippen molar-refractivity contribution in [3.05, 3.63) is 88.8 Å². The Balaban J connectivity index is 1.17. The Kier molecular flexibility index (Phi) is 6.68. The van der Waals surface area contributed by atoms with Gasteiger partial charge in [-0.1, -0.05) is 61.7 Å². The van der Waals surface area contributed by atoms with E-state index in [1.165, 1.54) is 37.7 Å². The summed E-state index contributed by atoms with van der Waals surface area (Å²) in [4.78, 5) is 26.4. The number of rotatable bonds is 7. The number of benzene rings is 3. The van der Waals surface area contributed by atoms with Gasteiger partial charge in [-0.25, -0.2) is 14.8 Å². The molecule has 3 aromatic carbocycles. The second-order valence-electron chi connectivity index (χ2n) is 10.1. The van der Waals surface area contributed by atoms with E-state index < -0.39 is 5.97 Å². The molecule has 5 aromatic rings. The molecule has 38 heavy (non-hydrogen) atoms. The van der Waals surface area contributed by atoms with E-state index in [-0.39, 0.29) is 0 Å². The first kappa shape index (κ1) is 24.4. The van der Waals surface area contributed by atoms with Crippen LogP contribution in [0.1, 0.15) is 59.5 Å². The van der Waals surface area contributed by atoms with Crippen LogP contribution in [0.4, 0.5) is 5.13 Å². The monoisotopic (exact) mass is 522 g/mol. The molecule has 1 fully saturated rings. The topological polar surface area (TPSA) is 82.1 Å². The van der Waals surface area contributed by atoms with Crippen molar-refractivity contribution in [1.29, 1.82) is 0 Å². The zero-order valence-corrected chi connectivity index (χ0v) is 22.2. The van der Waals surface area contributed by atoms with Crippen LogP contribution in [0, 0.1) is 0 Å². The Morgan fingerprint density at radius 1 is 0.974 bits per heavy atom. The number of anilines is 1. The number of H-pyrrole nitrogens is 1. The van der Waals surface area contributed by atoms with Crippen molar-refractivity contribution in [2.75, 3.05) is 11.9 Å². The number of nitrogens with one attached hydrogen (secondary N) is 1. The molecule has 7 heteroatoms. The minimum Gasteiger partial charge on any atom is -0.478 e. The van der Waals surface area contributed by atoms with Crippen LogP contribution >= 0.6 is 11.3 Å². The summed E-state index contributed by atoms with van der Waals surface area (Å²) in [5, 5.41) is 12.1. The number of carboxylic acids is 1. The highest BCUT2D eigenvalue weighted by molar-refractivity contribution is 7.14. The number of carbonyl (C=O) groups is 1. The van der Waals surface area contributed by atoms with E-state index in [1.54, 1.807) is 23.5 Å². The van der Waals surface area contributed by atoms with Gasteiger partial charge in [0, 0.05) is 30.1 Å². The number of hydrogen-bond donors (Lipinski definition) is 2. The molecule has 0 amide bonds. The van der Waals surface area contributed by atoms with Crippen LogP contribution in [0.3, 0.4) is 0 Å². The lowest BCUT2D eigenvalue weighted by molar-refractivity contribution is 0.0697. The SMILES string of the molecule is CN(Cc1ccc(C(=O)O)cc1)c1nc(-c2ccc3nc(-c4ccc(C5CCCCC5)cc4)[nH]c3c2)cs1. The number of nitrogens with zero attached hydrogens (tertiary/aromatic N) is 3. The molecule has 0 bridgehead atoms. The molecular weight excluding hydrogens is 492 g/mol. The zero-order valence-electron chi connectivity index (χ0n) is 21.4. The number of aromatic nitrogens is 3. The van der Waals surface area contributed by atoms with Crippen LogP contribution in [0.5, 0.6) is 0 Å². The van der Waals surface area contributed by atoms with Gasteiger partial charge in [0.05, 0.1) is 22.3 Å². The van der Waals surface area contributed by atoms with Crippen LogP contribution < -0.4 is 4.90 Å². The van der Waals surface area contributed by atoms with Crippen molar-refractivity contribution in [3.8, 4) is 22.6 Å². The molecule has 0 saturated heterocycles. The molecule has 0 atom stereocenters. The highest BCUT2D eigenvalue weighted by Crippen LogP contribution is 2.34. The Bertz CT molecular complexity index is 1560. The summed E-state index contributed by atoms with van der Waals surface area (Å²) in [5.74, 6) is 0.680. The van der Waals surface area contributed by atoms with E-state index in [9.17, 15) is 4.79 Å². The predicted molar refractivity (Wildman–Crippen MR) is 154 cm³/mol. The maximum Gasteiger partial charge on any atom is 0.335 e. The summed E-state index contributed by atoms with van der Waals surface area (Å²) in [6.45, 7) is 0.648. The van der Waals surface area contributed by atoms with Gasteiger partial charge >= 0.3 is 5.97 Å². The molecule has 2 heterocycles. The van der Waals surface area contributed by atoms with Crippen LogP contribution in [0.2, 0.25) is 0 Å². The highest BCUT2D eigenvalue weighted by Gasteiger charge is 2.16. The van der Waals surface area contributed by atoms with E-state index in [4.69, 9.17) is 15.1 Å². The average Bonchev–Trinajstić information content (AvgIpc) is 3.61. The minimum absolute atomic E-state index is 0.293. The molecular formula is C31H30N4O2S. The molecule has 6 rings (SSSR count). The summed E-state index contributed by atoms with van der Waals surface area (Å²) in [7, 11) is 2.00. The molecule has 1 saturated carbocycles. The first-order valence-corrected chi connectivity index (χ1v) is 14.0. The van der Waals surface area contributed by atoms with Gasteiger partial charge in [0.25, 0.3) is 0 Å². The fourth-order valence-corrected chi connectivity index (χ4v) is 6.12. The van der Waals surface area contributed by atoms with Gasteiger partial charge < -0.3 is 15.0 Å². The van der Waals surface area contributed by atoms with Gasteiger partial charge in [0.1, 0.15) is 5.82 Å². The van der Waals surface area contributed by atoms with Crippen LogP contribution in [0.25, 0.3) is 33.7 Å². The fraction of sp³-hybridized carbons (Fsp3) is 0.258. The largest absolute Gasteiger partial charge is 0.478 e. The Hall–Kier alpha value is -3.97. The Labute approximate surface area is 226 Å². The van der Waals surface area contributed by atoms with Crippen molar-refractivity contribution in [2.45, 2.75) is 44.6 Å². The second-order valence-corrected chi connectivity index (χ2v) is 11.0. The van der Waals surface area contributed by atoms with Gasteiger partial charge in [-0.2, -0.15) is 0 Å². The Morgan fingerprint density at radius 3 is 2.45 bits per heavy atom. The molecule has 1 aliphatic rings. The smallest absolute Gasteiger partial charge is 0.335 e. The Morgan fingerprint density at radius 2 is 1.71 bits per heavy atom. The molecule has 192 valence electrons. The molecule has 0 radical (unpaired) electrons. The molecule has 0 unspecified atom stereocenters. The lowest BCUT2D eigenvalue weighted by Gasteiger charge is -2.21. The molecule has 0 spiro atoms. The third kappa shape index (κ3) is 5.07. The van der Waals surface area contributed by atoms with E-state index in [2.05, 4.69) is 51.7 Å². The van der Waals surface area contributed by atoms with Crippen LogP contribution in [-0.2, 0) is 6.54 Å². The summed E-state index contributed by atoms with van der Waals surface area (Å²) in [6, 6.07) is 22.2. The standard InChI is InChI=1S/C31H30N4O2S/c1-35(18-20-7-9-24(10-8-20)30(36)37)31-34-28(19-38-31)25-15-16-26-27(17-25)33-29(32-26)23-13-11-22(12-14-23)21-5-3-2-4-6-21/h7-17,19,21H,2-6,18H2,1H3,(H,32,33)(H,36,37).